The molecule has 0 heterocycles. The molecule has 0 aliphatic heterocycles. The van der Waals surface area contributed by atoms with Crippen molar-refractivity contribution in [2.45, 2.75) is 45.4 Å². The number of hydrogen-bond donors (Lipinski definition) is 0. The molecule has 15 heavy (non-hydrogen) atoms. The molecule has 0 unspecified atom stereocenters. The minimum absolute atomic E-state index is 0. The van der Waals surface area contributed by atoms with E-state index in [1.165, 1.54) is 0 Å². The molecule has 0 aromatic heterocycles. The third kappa shape index (κ3) is 13.9. The molecule has 0 aliphatic rings. The molecule has 5 heteroatoms. The Morgan fingerprint density at radius 3 is 2.07 bits per heavy atom. The van der Waals surface area contributed by atoms with Crippen molar-refractivity contribution < 1.29 is 49.0 Å². The van der Waals surface area contributed by atoms with Crippen molar-refractivity contribution in [3.63, 3.8) is 0 Å². The molecule has 82 valence electrons. The number of rotatable bonds is 8. The Morgan fingerprint density at radius 2 is 1.60 bits per heavy atom. The molecule has 0 aromatic carbocycles. The Morgan fingerprint density at radius 1 is 1.07 bits per heavy atom. The van der Waals surface area contributed by atoms with Gasteiger partial charge in [-0.05, 0) is 26.2 Å². The van der Waals surface area contributed by atoms with Crippen molar-refractivity contribution in [1.29, 1.82) is 0 Å². The first-order valence-corrected chi connectivity index (χ1v) is 5.02. The SMILES string of the molecule is CCOC(=O)CCCCCCC(=O)[O-].[Na+]. The van der Waals surface area contributed by atoms with Gasteiger partial charge < -0.3 is 14.6 Å². The van der Waals surface area contributed by atoms with Gasteiger partial charge in [0.25, 0.3) is 0 Å². The van der Waals surface area contributed by atoms with Crippen LogP contribution in [0.1, 0.15) is 45.4 Å². The fraction of sp³-hybridized carbons (Fsp3) is 0.800. The average Bonchev–Trinajstić information content (AvgIpc) is 2.11. The van der Waals surface area contributed by atoms with Crippen molar-refractivity contribution in [3.8, 4) is 0 Å². The van der Waals surface area contributed by atoms with Crippen LogP contribution in [0.25, 0.3) is 0 Å². The molecule has 0 radical (unpaired) electrons. The number of esters is 1. The molecule has 0 fully saturated rings. The minimum Gasteiger partial charge on any atom is -0.550 e. The zero-order chi connectivity index (χ0) is 10.8. The molecule has 0 spiro atoms. The first-order valence-electron chi connectivity index (χ1n) is 5.02. The number of ether oxygens (including phenoxy) is 1. The van der Waals surface area contributed by atoms with Gasteiger partial charge in [-0.1, -0.05) is 12.8 Å². The predicted octanol–water partition coefficient (Wildman–Crippen LogP) is -2.36. The molecule has 0 N–H and O–H groups in total. The molecule has 0 amide bonds. The number of hydrogen-bond acceptors (Lipinski definition) is 4. The van der Waals surface area contributed by atoms with Gasteiger partial charge in [-0.25, -0.2) is 0 Å². The summed E-state index contributed by atoms with van der Waals surface area (Å²) in [6, 6.07) is 0. The molecule has 0 rings (SSSR count). The van der Waals surface area contributed by atoms with E-state index < -0.39 is 5.97 Å². The van der Waals surface area contributed by atoms with Crippen LogP contribution in [0.15, 0.2) is 0 Å². The van der Waals surface area contributed by atoms with Crippen LogP contribution < -0.4 is 34.7 Å². The molecule has 4 nitrogen and oxygen atoms in total. The summed E-state index contributed by atoms with van der Waals surface area (Å²) >= 11 is 0. The first kappa shape index (κ1) is 17.3. The van der Waals surface area contributed by atoms with E-state index in [1.807, 2.05) is 0 Å². The zero-order valence-electron chi connectivity index (χ0n) is 9.58. The second-order valence-corrected chi connectivity index (χ2v) is 3.09. The topological polar surface area (TPSA) is 66.4 Å². The van der Waals surface area contributed by atoms with Crippen LogP contribution in [-0.2, 0) is 14.3 Å². The van der Waals surface area contributed by atoms with Crippen LogP contribution in [0.2, 0.25) is 0 Å². The van der Waals surface area contributed by atoms with Gasteiger partial charge in [-0.15, -0.1) is 0 Å². The van der Waals surface area contributed by atoms with E-state index in [9.17, 15) is 14.7 Å². The van der Waals surface area contributed by atoms with Crippen LogP contribution >= 0.6 is 0 Å². The summed E-state index contributed by atoms with van der Waals surface area (Å²) in [6.07, 6.45) is 3.63. The van der Waals surface area contributed by atoms with Crippen LogP contribution in [0.4, 0.5) is 0 Å². The van der Waals surface area contributed by atoms with Crippen molar-refractivity contribution in [2.24, 2.45) is 0 Å². The van der Waals surface area contributed by atoms with Crippen LogP contribution in [0.3, 0.4) is 0 Å². The van der Waals surface area contributed by atoms with Crippen molar-refractivity contribution in [3.05, 3.63) is 0 Å². The van der Waals surface area contributed by atoms with Crippen LogP contribution in [0, 0.1) is 0 Å². The number of carbonyl (C=O) groups is 2. The Labute approximate surface area is 113 Å². The molecule has 0 aliphatic carbocycles. The average molecular weight is 224 g/mol. The number of carboxylic acid groups (broad SMARTS) is 1. The second kappa shape index (κ2) is 12.0. The Kier molecular flexibility index (Phi) is 13.9. The van der Waals surface area contributed by atoms with Crippen molar-refractivity contribution in [1.82, 2.24) is 0 Å². The molecule has 0 bridgehead atoms. The summed E-state index contributed by atoms with van der Waals surface area (Å²) in [7, 11) is 0. The molecule has 0 aromatic rings. The van der Waals surface area contributed by atoms with E-state index in [2.05, 4.69) is 0 Å². The normalized spacial score (nSPS) is 9.13. The fourth-order valence-electron chi connectivity index (χ4n) is 1.13. The number of unbranched alkanes of at least 4 members (excludes halogenated alkanes) is 3. The van der Waals surface area contributed by atoms with E-state index >= 15 is 0 Å². The monoisotopic (exact) mass is 224 g/mol. The third-order valence-electron chi connectivity index (χ3n) is 1.82. The summed E-state index contributed by atoms with van der Waals surface area (Å²) in [5.74, 6) is -1.18. The molecule has 0 atom stereocenters. The Balaban J connectivity index is 0. The van der Waals surface area contributed by atoms with E-state index in [4.69, 9.17) is 4.74 Å². The summed E-state index contributed by atoms with van der Waals surface area (Å²) in [5.41, 5.74) is 0. The maximum absolute atomic E-state index is 10.9. The van der Waals surface area contributed by atoms with Crippen molar-refractivity contribution in [2.75, 3.05) is 6.61 Å². The Bertz CT molecular complexity index is 182. The zero-order valence-corrected chi connectivity index (χ0v) is 11.6. The van der Waals surface area contributed by atoms with Gasteiger partial charge in [0.15, 0.2) is 0 Å². The van der Waals surface area contributed by atoms with Crippen LogP contribution in [0.5, 0.6) is 0 Å². The first-order chi connectivity index (χ1) is 6.66. The standard InChI is InChI=1S/C10H18O4.Na/c1-2-14-10(13)8-6-4-3-5-7-9(11)12;/h2-8H2,1H3,(H,11,12);/q;+1/p-1. The third-order valence-corrected chi connectivity index (χ3v) is 1.82. The summed E-state index contributed by atoms with van der Waals surface area (Å²) < 4.78 is 4.74. The number of carbonyl (C=O) groups excluding carboxylic acids is 2. The van der Waals surface area contributed by atoms with Crippen molar-refractivity contribution >= 4 is 11.9 Å². The fourth-order valence-corrected chi connectivity index (χ4v) is 1.13. The number of carboxylic acids is 1. The van der Waals surface area contributed by atoms with Gasteiger partial charge in [0.1, 0.15) is 0 Å². The van der Waals surface area contributed by atoms with Gasteiger partial charge in [0.05, 0.1) is 6.61 Å². The van der Waals surface area contributed by atoms with Gasteiger partial charge in [0.2, 0.25) is 0 Å². The number of aliphatic carboxylic acids is 1. The molecular weight excluding hydrogens is 207 g/mol. The van der Waals surface area contributed by atoms with E-state index in [0.717, 1.165) is 19.3 Å². The quantitative estimate of drug-likeness (QED) is 0.263. The maximum Gasteiger partial charge on any atom is 1.00 e. The van der Waals surface area contributed by atoms with E-state index in [1.54, 1.807) is 6.92 Å². The summed E-state index contributed by atoms with van der Waals surface area (Å²) in [5, 5.41) is 10.0. The summed E-state index contributed by atoms with van der Waals surface area (Å²) in [6.45, 7) is 2.20. The van der Waals surface area contributed by atoms with Gasteiger partial charge in [-0.2, -0.15) is 0 Å². The van der Waals surface area contributed by atoms with Gasteiger partial charge >= 0.3 is 35.5 Å². The summed E-state index contributed by atoms with van der Waals surface area (Å²) in [4.78, 5) is 20.9. The largest absolute Gasteiger partial charge is 1.00 e. The van der Waals surface area contributed by atoms with E-state index in [-0.39, 0.29) is 41.9 Å². The maximum atomic E-state index is 10.9. The minimum atomic E-state index is -1.00. The molecule has 0 saturated heterocycles. The second-order valence-electron chi connectivity index (χ2n) is 3.09. The Hall–Kier alpha value is -0.0600. The molecule has 0 saturated carbocycles. The van der Waals surface area contributed by atoms with E-state index in [0.29, 0.717) is 19.4 Å². The predicted molar refractivity (Wildman–Crippen MR) is 49.3 cm³/mol. The smallest absolute Gasteiger partial charge is 0.550 e. The van der Waals surface area contributed by atoms with Gasteiger partial charge in [0, 0.05) is 12.4 Å². The molecular formula is C10H17NaO4. The van der Waals surface area contributed by atoms with Gasteiger partial charge in [-0.3, -0.25) is 4.79 Å². The van der Waals surface area contributed by atoms with Crippen LogP contribution in [-0.4, -0.2) is 18.5 Å².